The van der Waals surface area contributed by atoms with Gasteiger partial charge in [0.25, 0.3) is 5.91 Å². The highest BCUT2D eigenvalue weighted by atomic mass is 19.1. The Labute approximate surface area is 139 Å². The first-order chi connectivity index (χ1) is 11.4. The summed E-state index contributed by atoms with van der Waals surface area (Å²) in [5.74, 6) is -1.89. The summed E-state index contributed by atoms with van der Waals surface area (Å²) in [6.07, 6.45) is 0. The Balaban J connectivity index is 1.96. The predicted octanol–water partition coefficient (Wildman–Crippen LogP) is 3.25. The summed E-state index contributed by atoms with van der Waals surface area (Å²) >= 11 is 0. The number of carbonyl (C=O) groups is 2. The van der Waals surface area contributed by atoms with Gasteiger partial charge < -0.3 is 14.8 Å². The van der Waals surface area contributed by atoms with Crippen molar-refractivity contribution in [3.8, 4) is 5.75 Å². The maximum absolute atomic E-state index is 13.8. The lowest BCUT2D eigenvalue weighted by Gasteiger charge is -2.11. The highest BCUT2D eigenvalue weighted by molar-refractivity contribution is 5.96. The molecule has 0 atom stereocenters. The molecule has 2 rings (SSSR count). The topological polar surface area (TPSA) is 64.6 Å². The van der Waals surface area contributed by atoms with Gasteiger partial charge in [0.1, 0.15) is 11.6 Å². The monoisotopic (exact) mass is 331 g/mol. The number of esters is 1. The maximum Gasteiger partial charge on any atom is 0.341 e. The summed E-state index contributed by atoms with van der Waals surface area (Å²) in [5, 5.41) is 2.66. The van der Waals surface area contributed by atoms with Crippen molar-refractivity contribution in [3.63, 3.8) is 0 Å². The molecular formula is C18H18FNO4. The number of halogens is 1. The predicted molar refractivity (Wildman–Crippen MR) is 87.8 cm³/mol. The van der Waals surface area contributed by atoms with Crippen LogP contribution in [0.4, 0.5) is 10.1 Å². The Kier molecular flexibility index (Phi) is 5.52. The first-order valence-corrected chi connectivity index (χ1v) is 7.29. The molecule has 0 aliphatic carbocycles. The molecule has 126 valence electrons. The van der Waals surface area contributed by atoms with Gasteiger partial charge >= 0.3 is 5.97 Å². The largest absolute Gasteiger partial charge is 0.497 e. The fraction of sp³-hybridized carbons (Fsp3) is 0.222. The maximum atomic E-state index is 13.8. The van der Waals surface area contributed by atoms with E-state index in [0.29, 0.717) is 5.69 Å². The minimum Gasteiger partial charge on any atom is -0.497 e. The third-order valence-electron chi connectivity index (χ3n) is 3.61. The summed E-state index contributed by atoms with van der Waals surface area (Å²) < 4.78 is 23.5. The van der Waals surface area contributed by atoms with E-state index < -0.39 is 24.3 Å². The molecule has 0 radical (unpaired) electrons. The van der Waals surface area contributed by atoms with E-state index >= 15 is 0 Å². The third-order valence-corrected chi connectivity index (χ3v) is 3.61. The number of rotatable bonds is 5. The molecule has 0 saturated carbocycles. The standard InChI is InChI=1S/C18H18FNO4/c1-11-5-4-6-16(12(11)2)20-17(21)10-24-18(22)14-8-7-13(23-3)9-15(14)19/h4-9H,10H2,1-3H3,(H,20,21). The van der Waals surface area contributed by atoms with Crippen LogP contribution in [0.5, 0.6) is 5.75 Å². The summed E-state index contributed by atoms with van der Waals surface area (Å²) in [5.41, 5.74) is 2.35. The van der Waals surface area contributed by atoms with Gasteiger partial charge in [0.05, 0.1) is 12.7 Å². The molecule has 1 amide bonds. The number of ether oxygens (including phenoxy) is 2. The van der Waals surface area contributed by atoms with Gasteiger partial charge in [0.2, 0.25) is 0 Å². The van der Waals surface area contributed by atoms with Crippen molar-refractivity contribution < 1.29 is 23.5 Å². The number of anilines is 1. The highest BCUT2D eigenvalue weighted by Crippen LogP contribution is 2.18. The van der Waals surface area contributed by atoms with Crippen molar-refractivity contribution in [3.05, 3.63) is 58.9 Å². The molecule has 2 aromatic rings. The van der Waals surface area contributed by atoms with Crippen molar-refractivity contribution in [2.45, 2.75) is 13.8 Å². The average molecular weight is 331 g/mol. The normalized spacial score (nSPS) is 10.2. The first kappa shape index (κ1) is 17.5. The van der Waals surface area contributed by atoms with E-state index in [0.717, 1.165) is 17.2 Å². The summed E-state index contributed by atoms with van der Waals surface area (Å²) in [7, 11) is 1.39. The lowest BCUT2D eigenvalue weighted by molar-refractivity contribution is -0.119. The Bertz CT molecular complexity index is 774. The van der Waals surface area contributed by atoms with Crippen molar-refractivity contribution in [2.75, 3.05) is 19.0 Å². The number of hydrogen-bond donors (Lipinski definition) is 1. The smallest absolute Gasteiger partial charge is 0.341 e. The van der Waals surface area contributed by atoms with Gasteiger partial charge in [-0.25, -0.2) is 9.18 Å². The Morgan fingerprint density at radius 3 is 2.58 bits per heavy atom. The fourth-order valence-corrected chi connectivity index (χ4v) is 2.07. The van der Waals surface area contributed by atoms with Crippen LogP contribution in [0.3, 0.4) is 0 Å². The number of carbonyl (C=O) groups excluding carboxylic acids is 2. The fourth-order valence-electron chi connectivity index (χ4n) is 2.07. The zero-order chi connectivity index (χ0) is 17.7. The van der Waals surface area contributed by atoms with E-state index in [9.17, 15) is 14.0 Å². The van der Waals surface area contributed by atoms with E-state index in [1.165, 1.54) is 19.2 Å². The molecule has 0 bridgehead atoms. The lowest BCUT2D eigenvalue weighted by atomic mass is 10.1. The second kappa shape index (κ2) is 7.59. The van der Waals surface area contributed by atoms with Gasteiger partial charge in [-0.3, -0.25) is 4.79 Å². The van der Waals surface area contributed by atoms with Gasteiger partial charge in [-0.1, -0.05) is 12.1 Å². The number of aryl methyl sites for hydroxylation is 1. The van der Waals surface area contributed by atoms with Crippen LogP contribution >= 0.6 is 0 Å². The van der Waals surface area contributed by atoms with E-state index in [2.05, 4.69) is 5.32 Å². The number of benzene rings is 2. The Morgan fingerprint density at radius 2 is 1.92 bits per heavy atom. The van der Waals surface area contributed by atoms with Crippen LogP contribution in [0.25, 0.3) is 0 Å². The molecule has 0 saturated heterocycles. The van der Waals surface area contributed by atoms with Crippen molar-refractivity contribution in [1.29, 1.82) is 0 Å². The van der Waals surface area contributed by atoms with Crippen LogP contribution in [0, 0.1) is 19.7 Å². The van der Waals surface area contributed by atoms with Crippen LogP contribution in [-0.4, -0.2) is 25.6 Å². The number of nitrogens with one attached hydrogen (secondary N) is 1. The molecule has 1 N–H and O–H groups in total. The SMILES string of the molecule is COc1ccc(C(=O)OCC(=O)Nc2cccc(C)c2C)c(F)c1. The van der Waals surface area contributed by atoms with E-state index in [1.54, 1.807) is 6.07 Å². The second-order valence-corrected chi connectivity index (χ2v) is 5.22. The Hall–Kier alpha value is -2.89. The molecule has 0 fully saturated rings. The third kappa shape index (κ3) is 4.10. The molecule has 0 spiro atoms. The van der Waals surface area contributed by atoms with Crippen molar-refractivity contribution in [1.82, 2.24) is 0 Å². The van der Waals surface area contributed by atoms with Gasteiger partial charge in [0.15, 0.2) is 6.61 Å². The molecular weight excluding hydrogens is 313 g/mol. The molecule has 5 nitrogen and oxygen atoms in total. The van der Waals surface area contributed by atoms with Gasteiger partial charge in [-0.15, -0.1) is 0 Å². The zero-order valence-electron chi connectivity index (χ0n) is 13.7. The zero-order valence-corrected chi connectivity index (χ0v) is 13.7. The average Bonchev–Trinajstić information content (AvgIpc) is 2.56. The van der Waals surface area contributed by atoms with Crippen molar-refractivity contribution in [2.24, 2.45) is 0 Å². The number of methoxy groups -OCH3 is 1. The van der Waals surface area contributed by atoms with Crippen LogP contribution < -0.4 is 10.1 Å². The van der Waals surface area contributed by atoms with Gasteiger partial charge in [0, 0.05) is 11.8 Å². The summed E-state index contributed by atoms with van der Waals surface area (Å²) in [6.45, 7) is 3.30. The molecule has 0 aliphatic heterocycles. The first-order valence-electron chi connectivity index (χ1n) is 7.29. The highest BCUT2D eigenvalue weighted by Gasteiger charge is 2.16. The second-order valence-electron chi connectivity index (χ2n) is 5.22. The van der Waals surface area contributed by atoms with E-state index in [4.69, 9.17) is 9.47 Å². The van der Waals surface area contributed by atoms with Crippen LogP contribution in [0.2, 0.25) is 0 Å². The van der Waals surface area contributed by atoms with Crippen LogP contribution in [-0.2, 0) is 9.53 Å². The minimum absolute atomic E-state index is 0.254. The molecule has 24 heavy (non-hydrogen) atoms. The molecule has 2 aromatic carbocycles. The number of amides is 1. The van der Waals surface area contributed by atoms with Crippen molar-refractivity contribution >= 4 is 17.6 Å². The van der Waals surface area contributed by atoms with E-state index in [-0.39, 0.29) is 11.3 Å². The molecule has 0 unspecified atom stereocenters. The Morgan fingerprint density at radius 1 is 1.17 bits per heavy atom. The van der Waals surface area contributed by atoms with E-state index in [1.807, 2.05) is 26.0 Å². The van der Waals surface area contributed by atoms with Gasteiger partial charge in [-0.05, 0) is 43.2 Å². The summed E-state index contributed by atoms with van der Waals surface area (Å²) in [6, 6.07) is 9.26. The van der Waals surface area contributed by atoms with Crippen LogP contribution in [0.15, 0.2) is 36.4 Å². The molecule has 0 aromatic heterocycles. The molecule has 6 heteroatoms. The molecule has 0 heterocycles. The number of hydrogen-bond acceptors (Lipinski definition) is 4. The molecule has 0 aliphatic rings. The quantitative estimate of drug-likeness (QED) is 0.854. The van der Waals surface area contributed by atoms with Crippen LogP contribution in [0.1, 0.15) is 21.5 Å². The minimum atomic E-state index is -0.911. The summed E-state index contributed by atoms with van der Waals surface area (Å²) in [4.78, 5) is 23.8. The van der Waals surface area contributed by atoms with Gasteiger partial charge in [-0.2, -0.15) is 0 Å². The lowest BCUT2D eigenvalue weighted by Crippen LogP contribution is -2.21.